The molecule has 0 aromatic carbocycles. The van der Waals surface area contributed by atoms with Crippen LogP contribution in [-0.2, 0) is 5.60 Å². The minimum atomic E-state index is -0.661. The van der Waals surface area contributed by atoms with Crippen molar-refractivity contribution in [3.05, 3.63) is 36.2 Å². The Bertz CT molecular complexity index is 491. The molecule has 14 heavy (non-hydrogen) atoms. The fraction of sp³-hybridized carbons (Fsp3) is 0.273. The monoisotopic (exact) mass is 186 g/mol. The average Bonchev–Trinajstić information content (AvgIpc) is 2.97. The molecule has 1 fully saturated rings. The van der Waals surface area contributed by atoms with Crippen LogP contribution in [0.2, 0.25) is 0 Å². The highest BCUT2D eigenvalue weighted by Crippen LogP contribution is 2.44. The summed E-state index contributed by atoms with van der Waals surface area (Å²) in [5.74, 6) is 0. The average molecular weight is 186 g/mol. The van der Waals surface area contributed by atoms with Gasteiger partial charge in [0.05, 0.1) is 5.69 Å². The molecule has 2 aromatic rings. The Balaban J connectivity index is 2.20. The second-order valence-corrected chi connectivity index (χ2v) is 3.78. The number of nitrogens with zero attached hydrogens (tertiary/aromatic N) is 2. The van der Waals surface area contributed by atoms with Crippen molar-refractivity contribution < 1.29 is 5.11 Å². The highest BCUT2D eigenvalue weighted by Gasteiger charge is 2.43. The predicted molar refractivity (Wildman–Crippen MR) is 52.7 cm³/mol. The van der Waals surface area contributed by atoms with E-state index >= 15 is 0 Å². The van der Waals surface area contributed by atoms with E-state index in [1.54, 1.807) is 6.20 Å². The van der Waals surface area contributed by atoms with Crippen LogP contribution in [-0.4, -0.2) is 15.1 Å². The van der Waals surface area contributed by atoms with Gasteiger partial charge in [-0.1, -0.05) is 0 Å². The standard InChI is InChI=1S/C11H10N2O/c14-11(5-6-11)9-4-3-8-2-1-7-12-10(8)13-9/h1-4,7,14H,5-6H2. The van der Waals surface area contributed by atoms with E-state index in [0.717, 1.165) is 23.9 Å². The van der Waals surface area contributed by atoms with Crippen LogP contribution in [0.25, 0.3) is 11.0 Å². The van der Waals surface area contributed by atoms with Crippen LogP contribution in [0.1, 0.15) is 18.5 Å². The zero-order chi connectivity index (χ0) is 9.60. The lowest BCUT2D eigenvalue weighted by atomic mass is 10.2. The Morgan fingerprint density at radius 2 is 2.07 bits per heavy atom. The molecular weight excluding hydrogens is 176 g/mol. The molecule has 3 rings (SSSR count). The number of aromatic nitrogens is 2. The van der Waals surface area contributed by atoms with E-state index in [9.17, 15) is 5.11 Å². The van der Waals surface area contributed by atoms with Crippen molar-refractivity contribution in [2.45, 2.75) is 18.4 Å². The van der Waals surface area contributed by atoms with E-state index in [1.807, 2.05) is 24.3 Å². The van der Waals surface area contributed by atoms with Crippen molar-refractivity contribution >= 4 is 11.0 Å². The number of hydrogen-bond acceptors (Lipinski definition) is 3. The zero-order valence-electron chi connectivity index (χ0n) is 7.64. The number of pyridine rings is 2. The minimum Gasteiger partial charge on any atom is -0.384 e. The molecule has 1 aliphatic carbocycles. The molecule has 0 unspecified atom stereocenters. The third kappa shape index (κ3) is 1.09. The van der Waals surface area contributed by atoms with Crippen molar-refractivity contribution in [1.29, 1.82) is 0 Å². The maximum atomic E-state index is 9.87. The van der Waals surface area contributed by atoms with Crippen LogP contribution in [0, 0.1) is 0 Å². The van der Waals surface area contributed by atoms with E-state index in [1.165, 1.54) is 0 Å². The lowest BCUT2D eigenvalue weighted by Crippen LogP contribution is -2.07. The smallest absolute Gasteiger partial charge is 0.159 e. The van der Waals surface area contributed by atoms with Crippen LogP contribution in [0.4, 0.5) is 0 Å². The Kier molecular flexibility index (Phi) is 1.42. The summed E-state index contributed by atoms with van der Waals surface area (Å²) in [5, 5.41) is 10.9. The van der Waals surface area contributed by atoms with Crippen molar-refractivity contribution in [1.82, 2.24) is 9.97 Å². The Hall–Kier alpha value is -1.48. The maximum absolute atomic E-state index is 9.87. The molecule has 0 radical (unpaired) electrons. The summed E-state index contributed by atoms with van der Waals surface area (Å²) in [5.41, 5.74) is 0.806. The second-order valence-electron chi connectivity index (χ2n) is 3.78. The van der Waals surface area contributed by atoms with Gasteiger partial charge in [0.25, 0.3) is 0 Å². The summed E-state index contributed by atoms with van der Waals surface area (Å²) in [6, 6.07) is 7.70. The molecule has 3 heteroatoms. The Morgan fingerprint density at radius 3 is 2.86 bits per heavy atom. The topological polar surface area (TPSA) is 46.0 Å². The van der Waals surface area contributed by atoms with Gasteiger partial charge in [-0.05, 0) is 37.1 Å². The molecule has 1 saturated carbocycles. The normalized spacial score (nSPS) is 18.4. The molecule has 0 spiro atoms. The first-order chi connectivity index (χ1) is 6.78. The molecule has 0 atom stereocenters. The first kappa shape index (κ1) is 7.88. The molecule has 1 N–H and O–H groups in total. The molecule has 3 nitrogen and oxygen atoms in total. The molecule has 70 valence electrons. The van der Waals surface area contributed by atoms with E-state index in [-0.39, 0.29) is 0 Å². The highest BCUT2D eigenvalue weighted by atomic mass is 16.3. The molecule has 2 aromatic heterocycles. The van der Waals surface area contributed by atoms with E-state index < -0.39 is 5.60 Å². The van der Waals surface area contributed by atoms with Gasteiger partial charge in [-0.15, -0.1) is 0 Å². The second kappa shape index (κ2) is 2.51. The van der Waals surface area contributed by atoms with Crippen LogP contribution in [0.5, 0.6) is 0 Å². The summed E-state index contributed by atoms with van der Waals surface area (Å²) in [6.45, 7) is 0. The first-order valence-corrected chi connectivity index (χ1v) is 4.73. The van der Waals surface area contributed by atoms with Gasteiger partial charge in [0.1, 0.15) is 5.60 Å². The van der Waals surface area contributed by atoms with E-state index in [0.29, 0.717) is 5.65 Å². The molecule has 0 saturated heterocycles. The SMILES string of the molecule is OC1(c2ccc3cccnc3n2)CC1. The Morgan fingerprint density at radius 1 is 1.21 bits per heavy atom. The highest BCUT2D eigenvalue weighted by molar-refractivity contribution is 5.74. The van der Waals surface area contributed by atoms with Crippen molar-refractivity contribution in [3.63, 3.8) is 0 Å². The summed E-state index contributed by atoms with van der Waals surface area (Å²) >= 11 is 0. The molecule has 2 heterocycles. The lowest BCUT2D eigenvalue weighted by Gasteiger charge is -2.06. The molecule has 0 bridgehead atoms. The lowest BCUT2D eigenvalue weighted by molar-refractivity contribution is 0.147. The number of aliphatic hydroxyl groups is 1. The molecular formula is C11H10N2O. The fourth-order valence-electron chi connectivity index (χ4n) is 1.59. The van der Waals surface area contributed by atoms with Gasteiger partial charge in [-0.2, -0.15) is 0 Å². The van der Waals surface area contributed by atoms with Gasteiger partial charge in [-0.25, -0.2) is 9.97 Å². The van der Waals surface area contributed by atoms with Crippen LogP contribution in [0.3, 0.4) is 0 Å². The predicted octanol–water partition coefficient (Wildman–Crippen LogP) is 1.61. The quantitative estimate of drug-likeness (QED) is 0.736. The summed E-state index contributed by atoms with van der Waals surface area (Å²) in [6.07, 6.45) is 3.35. The van der Waals surface area contributed by atoms with Gasteiger partial charge in [0.2, 0.25) is 0 Å². The number of fused-ring (bicyclic) bond motifs is 1. The molecule has 0 aliphatic heterocycles. The Labute approximate surface area is 81.4 Å². The first-order valence-electron chi connectivity index (χ1n) is 4.73. The van der Waals surface area contributed by atoms with Gasteiger partial charge < -0.3 is 5.11 Å². The summed E-state index contributed by atoms with van der Waals surface area (Å²) < 4.78 is 0. The van der Waals surface area contributed by atoms with Crippen molar-refractivity contribution in [2.75, 3.05) is 0 Å². The van der Waals surface area contributed by atoms with Gasteiger partial charge in [0.15, 0.2) is 5.65 Å². The minimum absolute atomic E-state index is 0.661. The zero-order valence-corrected chi connectivity index (χ0v) is 7.64. The summed E-state index contributed by atoms with van der Waals surface area (Å²) in [7, 11) is 0. The van der Waals surface area contributed by atoms with Crippen LogP contribution < -0.4 is 0 Å². The van der Waals surface area contributed by atoms with E-state index in [2.05, 4.69) is 9.97 Å². The maximum Gasteiger partial charge on any atom is 0.159 e. The third-order valence-corrected chi connectivity index (χ3v) is 2.66. The van der Waals surface area contributed by atoms with Crippen molar-refractivity contribution in [2.24, 2.45) is 0 Å². The third-order valence-electron chi connectivity index (χ3n) is 2.66. The van der Waals surface area contributed by atoms with Gasteiger partial charge >= 0.3 is 0 Å². The van der Waals surface area contributed by atoms with E-state index in [4.69, 9.17) is 0 Å². The number of rotatable bonds is 1. The van der Waals surface area contributed by atoms with Crippen LogP contribution >= 0.6 is 0 Å². The molecule has 1 aliphatic rings. The largest absolute Gasteiger partial charge is 0.384 e. The fourth-order valence-corrected chi connectivity index (χ4v) is 1.59. The summed E-state index contributed by atoms with van der Waals surface area (Å²) in [4.78, 5) is 8.51. The number of hydrogen-bond donors (Lipinski definition) is 1. The molecule has 0 amide bonds. The van der Waals surface area contributed by atoms with Gasteiger partial charge in [-0.3, -0.25) is 0 Å². The van der Waals surface area contributed by atoms with Gasteiger partial charge in [0, 0.05) is 11.6 Å². The van der Waals surface area contributed by atoms with Crippen LogP contribution in [0.15, 0.2) is 30.5 Å². The van der Waals surface area contributed by atoms with Crippen molar-refractivity contribution in [3.8, 4) is 0 Å².